The zero-order valence-corrected chi connectivity index (χ0v) is 17.4. The number of pyridine rings is 1. The van der Waals surface area contributed by atoms with Gasteiger partial charge in [-0.15, -0.1) is 0 Å². The minimum Gasteiger partial charge on any atom is -0.443 e. The molecule has 150 valence electrons. The maximum Gasteiger partial charge on any atom is 0.415 e. The smallest absolute Gasteiger partial charge is 0.415 e. The van der Waals surface area contributed by atoms with Crippen LogP contribution in [-0.2, 0) is 11.3 Å². The molecular formula is C23H31N3O2. The third-order valence-corrected chi connectivity index (χ3v) is 4.95. The molecule has 28 heavy (non-hydrogen) atoms. The number of ether oxygens (including phenoxy) is 1. The summed E-state index contributed by atoms with van der Waals surface area (Å²) in [5, 5.41) is 0. The maximum absolute atomic E-state index is 12.8. The summed E-state index contributed by atoms with van der Waals surface area (Å²) >= 11 is 0. The van der Waals surface area contributed by atoms with Gasteiger partial charge in [0.1, 0.15) is 11.4 Å². The van der Waals surface area contributed by atoms with Crippen molar-refractivity contribution in [1.82, 2.24) is 9.88 Å². The van der Waals surface area contributed by atoms with Gasteiger partial charge in [-0.25, -0.2) is 9.78 Å². The highest BCUT2D eigenvalue weighted by Crippen LogP contribution is 2.37. The molecule has 1 aliphatic heterocycles. The predicted molar refractivity (Wildman–Crippen MR) is 112 cm³/mol. The number of amides is 1. The quantitative estimate of drug-likeness (QED) is 0.716. The fourth-order valence-electron chi connectivity index (χ4n) is 3.76. The van der Waals surface area contributed by atoms with Gasteiger partial charge in [0, 0.05) is 30.9 Å². The molecule has 3 rings (SSSR count). The van der Waals surface area contributed by atoms with Crippen molar-refractivity contribution in [3.63, 3.8) is 0 Å². The van der Waals surface area contributed by atoms with Gasteiger partial charge in [0.15, 0.2) is 0 Å². The molecule has 0 spiro atoms. The Morgan fingerprint density at radius 2 is 1.96 bits per heavy atom. The van der Waals surface area contributed by atoms with Crippen LogP contribution in [0.5, 0.6) is 0 Å². The van der Waals surface area contributed by atoms with E-state index < -0.39 is 5.60 Å². The van der Waals surface area contributed by atoms with Crippen LogP contribution in [0.4, 0.5) is 10.6 Å². The lowest BCUT2D eigenvalue weighted by molar-refractivity contribution is 0.0580. The second-order valence-corrected chi connectivity index (χ2v) is 8.25. The average Bonchev–Trinajstić information content (AvgIpc) is 3.10. The van der Waals surface area contributed by atoms with Crippen LogP contribution in [0, 0.1) is 0 Å². The summed E-state index contributed by atoms with van der Waals surface area (Å²) in [5.74, 6) is 0.712. The molecule has 0 saturated carbocycles. The Labute approximate surface area is 168 Å². The van der Waals surface area contributed by atoms with Gasteiger partial charge >= 0.3 is 6.09 Å². The van der Waals surface area contributed by atoms with Crippen LogP contribution in [-0.4, -0.2) is 34.7 Å². The Morgan fingerprint density at radius 1 is 1.21 bits per heavy atom. The predicted octanol–water partition coefficient (Wildman–Crippen LogP) is 5.18. The van der Waals surface area contributed by atoms with E-state index in [4.69, 9.17) is 4.74 Å². The van der Waals surface area contributed by atoms with Crippen molar-refractivity contribution >= 4 is 11.9 Å². The third kappa shape index (κ3) is 4.90. The lowest BCUT2D eigenvalue weighted by Crippen LogP contribution is -2.38. The van der Waals surface area contributed by atoms with Crippen LogP contribution >= 0.6 is 0 Å². The molecule has 1 amide bonds. The summed E-state index contributed by atoms with van der Waals surface area (Å²) in [4.78, 5) is 21.5. The first-order valence-corrected chi connectivity index (χ1v) is 10.1. The number of carbonyl (C=O) groups is 1. The lowest BCUT2D eigenvalue weighted by atomic mass is 10.0. The van der Waals surface area contributed by atoms with Crippen LogP contribution in [0.2, 0.25) is 0 Å². The highest BCUT2D eigenvalue weighted by molar-refractivity contribution is 5.87. The van der Waals surface area contributed by atoms with E-state index in [1.807, 2.05) is 39.8 Å². The summed E-state index contributed by atoms with van der Waals surface area (Å²) in [6, 6.07) is 14.8. The van der Waals surface area contributed by atoms with Gasteiger partial charge < -0.3 is 4.74 Å². The van der Waals surface area contributed by atoms with E-state index in [1.54, 1.807) is 11.1 Å². The second kappa shape index (κ2) is 8.74. The molecule has 0 aliphatic carbocycles. The summed E-state index contributed by atoms with van der Waals surface area (Å²) in [7, 11) is 0. The Bertz CT molecular complexity index is 786. The van der Waals surface area contributed by atoms with Crippen LogP contribution in [0.1, 0.15) is 57.7 Å². The van der Waals surface area contributed by atoms with E-state index in [2.05, 4.69) is 40.2 Å². The molecule has 1 saturated heterocycles. The van der Waals surface area contributed by atoms with Crippen LogP contribution in [0.15, 0.2) is 48.7 Å². The van der Waals surface area contributed by atoms with Crippen molar-refractivity contribution in [3.05, 3.63) is 59.8 Å². The molecule has 0 radical (unpaired) electrons. The zero-order chi connectivity index (χ0) is 20.1. The van der Waals surface area contributed by atoms with Crippen molar-refractivity contribution in [2.75, 3.05) is 18.0 Å². The van der Waals surface area contributed by atoms with Crippen LogP contribution < -0.4 is 4.90 Å². The van der Waals surface area contributed by atoms with Crippen LogP contribution in [0.25, 0.3) is 0 Å². The SMILES string of the molecule is CCN(C(=O)OC(C)(C)C)c1ncccc1[C@@H]1CCCN1Cc1ccccc1. The fourth-order valence-corrected chi connectivity index (χ4v) is 3.76. The lowest BCUT2D eigenvalue weighted by Gasteiger charge is -2.30. The minimum atomic E-state index is -0.536. The van der Waals surface area contributed by atoms with Gasteiger partial charge in [-0.3, -0.25) is 9.80 Å². The number of carbonyl (C=O) groups excluding carboxylic acids is 1. The number of hydrogen-bond donors (Lipinski definition) is 0. The highest BCUT2D eigenvalue weighted by Gasteiger charge is 2.32. The Kier molecular flexibility index (Phi) is 6.35. The molecular weight excluding hydrogens is 350 g/mol. The van der Waals surface area contributed by atoms with Crippen molar-refractivity contribution in [1.29, 1.82) is 0 Å². The van der Waals surface area contributed by atoms with E-state index in [9.17, 15) is 4.79 Å². The molecule has 1 aromatic heterocycles. The first-order valence-electron chi connectivity index (χ1n) is 10.1. The van der Waals surface area contributed by atoms with Crippen molar-refractivity contribution in [2.45, 2.75) is 58.7 Å². The molecule has 0 bridgehead atoms. The number of benzene rings is 1. The normalized spacial score (nSPS) is 17.5. The molecule has 2 aromatic rings. The number of nitrogens with zero attached hydrogens (tertiary/aromatic N) is 3. The number of rotatable bonds is 5. The van der Waals surface area contributed by atoms with Crippen molar-refractivity contribution in [3.8, 4) is 0 Å². The first kappa shape index (κ1) is 20.3. The first-order chi connectivity index (χ1) is 13.4. The minimum absolute atomic E-state index is 0.250. The van der Waals surface area contributed by atoms with E-state index in [-0.39, 0.29) is 12.1 Å². The van der Waals surface area contributed by atoms with Gasteiger partial charge in [0.2, 0.25) is 0 Å². The van der Waals surface area contributed by atoms with Crippen LogP contribution in [0.3, 0.4) is 0 Å². The summed E-state index contributed by atoms with van der Waals surface area (Å²) in [6.45, 7) is 10.1. The Balaban J connectivity index is 1.87. The van der Waals surface area contributed by atoms with Gasteiger partial charge in [0.05, 0.1) is 0 Å². The van der Waals surface area contributed by atoms with Crippen molar-refractivity contribution in [2.24, 2.45) is 0 Å². The number of likely N-dealkylation sites (tertiary alicyclic amines) is 1. The molecule has 1 atom stereocenters. The van der Waals surface area contributed by atoms with Gasteiger partial charge in [-0.1, -0.05) is 36.4 Å². The second-order valence-electron chi connectivity index (χ2n) is 8.25. The summed E-state index contributed by atoms with van der Waals surface area (Å²) in [6.07, 6.45) is 3.62. The average molecular weight is 382 g/mol. The number of anilines is 1. The molecule has 0 N–H and O–H groups in total. The van der Waals surface area contributed by atoms with E-state index in [1.165, 1.54) is 5.56 Å². The summed E-state index contributed by atoms with van der Waals surface area (Å²) in [5.41, 5.74) is 1.87. The summed E-state index contributed by atoms with van der Waals surface area (Å²) < 4.78 is 5.62. The molecule has 2 heterocycles. The largest absolute Gasteiger partial charge is 0.443 e. The fraction of sp³-hybridized carbons (Fsp3) is 0.478. The number of hydrogen-bond acceptors (Lipinski definition) is 4. The Hall–Kier alpha value is -2.40. The molecule has 5 heteroatoms. The van der Waals surface area contributed by atoms with E-state index >= 15 is 0 Å². The topological polar surface area (TPSA) is 45.7 Å². The molecule has 5 nitrogen and oxygen atoms in total. The highest BCUT2D eigenvalue weighted by atomic mass is 16.6. The monoisotopic (exact) mass is 381 g/mol. The molecule has 0 unspecified atom stereocenters. The molecule has 1 fully saturated rings. The third-order valence-electron chi connectivity index (χ3n) is 4.95. The molecule has 1 aliphatic rings. The standard InChI is InChI=1S/C23H31N3O2/c1-5-26(22(27)28-23(2,3)4)21-19(13-9-15-24-21)20-14-10-16-25(20)17-18-11-7-6-8-12-18/h6-9,11-13,15,20H,5,10,14,16-17H2,1-4H3/t20-/m0/s1. The van der Waals surface area contributed by atoms with Gasteiger partial charge in [-0.05, 0) is 58.7 Å². The molecule has 1 aromatic carbocycles. The Morgan fingerprint density at radius 3 is 2.64 bits per heavy atom. The van der Waals surface area contributed by atoms with Crippen molar-refractivity contribution < 1.29 is 9.53 Å². The van der Waals surface area contributed by atoms with Gasteiger partial charge in [0.25, 0.3) is 0 Å². The number of aromatic nitrogens is 1. The maximum atomic E-state index is 12.8. The zero-order valence-electron chi connectivity index (χ0n) is 17.4. The van der Waals surface area contributed by atoms with Gasteiger partial charge in [-0.2, -0.15) is 0 Å². The van der Waals surface area contributed by atoms with E-state index in [0.717, 1.165) is 31.5 Å². The van der Waals surface area contributed by atoms with E-state index in [0.29, 0.717) is 12.4 Å².